The number of carbonyl (C=O) groups is 1. The molecule has 112 valence electrons. The Kier molecular flexibility index (Phi) is 4.53. The van der Waals surface area contributed by atoms with Gasteiger partial charge in [-0.25, -0.2) is 0 Å². The lowest BCUT2D eigenvalue weighted by Crippen LogP contribution is -2.06. The van der Waals surface area contributed by atoms with Gasteiger partial charge in [-0.15, -0.1) is 0 Å². The van der Waals surface area contributed by atoms with Gasteiger partial charge in [0.05, 0.1) is 0 Å². The quantitative estimate of drug-likeness (QED) is 0.523. The molecule has 0 radical (unpaired) electrons. The number of halogens is 1. The molecular weight excluding hydrogens is 376 g/mol. The van der Waals surface area contributed by atoms with Gasteiger partial charge in [-0.3, -0.25) is 4.79 Å². The van der Waals surface area contributed by atoms with Crippen molar-refractivity contribution in [2.24, 2.45) is 0 Å². The van der Waals surface area contributed by atoms with Crippen LogP contribution in [0.2, 0.25) is 0 Å². The van der Waals surface area contributed by atoms with E-state index >= 15 is 0 Å². The zero-order valence-corrected chi connectivity index (χ0v) is 15.8. The Bertz CT molecular complexity index is 756. The van der Waals surface area contributed by atoms with Gasteiger partial charge in [0.2, 0.25) is 0 Å². The summed E-state index contributed by atoms with van der Waals surface area (Å²) in [5.41, 5.74) is 5.31. The Morgan fingerprint density at radius 1 is 0.864 bits per heavy atom. The van der Waals surface area contributed by atoms with Crippen molar-refractivity contribution in [3.8, 4) is 0 Å². The summed E-state index contributed by atoms with van der Waals surface area (Å²) in [6.45, 7) is 5.94. The first kappa shape index (κ1) is 15.9. The van der Waals surface area contributed by atoms with Crippen molar-refractivity contribution in [2.75, 3.05) is 0 Å². The molecule has 1 aromatic carbocycles. The van der Waals surface area contributed by atoms with Gasteiger partial charge in [-0.05, 0) is 72.9 Å². The fourth-order valence-electron chi connectivity index (χ4n) is 2.52. The first-order valence-electron chi connectivity index (χ1n) is 6.94. The Labute approximate surface area is 147 Å². The lowest BCUT2D eigenvalue weighted by molar-refractivity contribution is -0.112. The van der Waals surface area contributed by atoms with Gasteiger partial charge < -0.3 is 0 Å². The molecule has 0 atom stereocenters. The minimum Gasteiger partial charge on any atom is -0.289 e. The van der Waals surface area contributed by atoms with Gasteiger partial charge in [-0.1, -0.05) is 49.7 Å². The van der Waals surface area contributed by atoms with Crippen LogP contribution in [0.25, 0.3) is 4.91 Å². The van der Waals surface area contributed by atoms with E-state index in [-0.39, 0.29) is 5.78 Å². The highest BCUT2D eigenvalue weighted by atomic mass is 79.9. The first-order valence-corrected chi connectivity index (χ1v) is 9.89. The van der Waals surface area contributed by atoms with Crippen LogP contribution in [0.15, 0.2) is 68.1 Å². The van der Waals surface area contributed by atoms with Crippen LogP contribution in [-0.2, 0) is 4.79 Å². The first-order chi connectivity index (χ1) is 10.5. The number of allylic oxidation sites excluding steroid dienone is 6. The summed E-state index contributed by atoms with van der Waals surface area (Å²) in [7, 11) is 3.57. The van der Waals surface area contributed by atoms with E-state index in [0.29, 0.717) is 0 Å². The van der Waals surface area contributed by atoms with E-state index < -0.39 is 0 Å². The molecule has 4 heteroatoms. The van der Waals surface area contributed by atoms with Crippen molar-refractivity contribution in [3.05, 3.63) is 73.7 Å². The molecular formula is C18H15BrOS2. The van der Waals surface area contributed by atoms with Crippen molar-refractivity contribution >= 4 is 48.2 Å². The molecule has 2 aliphatic rings. The Hall–Kier alpha value is -0.970. The van der Waals surface area contributed by atoms with Crippen molar-refractivity contribution in [3.63, 3.8) is 0 Å². The molecule has 0 fully saturated rings. The Morgan fingerprint density at radius 2 is 1.41 bits per heavy atom. The van der Waals surface area contributed by atoms with E-state index in [1.165, 1.54) is 20.9 Å². The van der Waals surface area contributed by atoms with Crippen molar-refractivity contribution in [2.45, 2.75) is 20.8 Å². The molecule has 3 rings (SSSR count). The van der Waals surface area contributed by atoms with Crippen molar-refractivity contribution in [1.82, 2.24) is 0 Å². The molecule has 1 aliphatic carbocycles. The number of Topliss-reactive ketones (excluding diaryl/α,β-unsaturated/α-hetero) is 1. The fourth-order valence-corrected chi connectivity index (χ4v) is 5.75. The second kappa shape index (κ2) is 6.26. The van der Waals surface area contributed by atoms with E-state index in [1.54, 1.807) is 21.6 Å². The molecule has 0 aromatic heterocycles. The second-order valence-corrected chi connectivity index (χ2v) is 8.46. The zero-order valence-electron chi connectivity index (χ0n) is 12.6. The zero-order chi connectivity index (χ0) is 15.9. The molecule has 0 spiro atoms. The molecule has 0 N–H and O–H groups in total. The van der Waals surface area contributed by atoms with E-state index in [4.69, 9.17) is 0 Å². The van der Waals surface area contributed by atoms with Crippen LogP contribution in [0.5, 0.6) is 0 Å². The van der Waals surface area contributed by atoms with Gasteiger partial charge in [-0.2, -0.15) is 0 Å². The van der Waals surface area contributed by atoms with Crippen LogP contribution < -0.4 is 0 Å². The van der Waals surface area contributed by atoms with Gasteiger partial charge in [0, 0.05) is 14.3 Å². The predicted octanol–water partition coefficient (Wildman–Crippen LogP) is 6.30. The summed E-state index contributed by atoms with van der Waals surface area (Å²) in [4.78, 5) is 14.5. The molecule has 0 unspecified atom stereocenters. The maximum Gasteiger partial charge on any atom is 0.184 e. The van der Waals surface area contributed by atoms with Crippen LogP contribution in [-0.4, -0.2) is 5.78 Å². The molecule has 1 nitrogen and oxygen atoms in total. The van der Waals surface area contributed by atoms with E-state index in [2.05, 4.69) is 47.1 Å². The summed E-state index contributed by atoms with van der Waals surface area (Å²) in [5, 5.41) is 0. The number of benzene rings is 1. The maximum atomic E-state index is 11.9. The second-order valence-electron chi connectivity index (χ2n) is 5.40. The molecule has 1 aromatic rings. The molecule has 1 aliphatic heterocycles. The lowest BCUT2D eigenvalue weighted by atomic mass is 9.94. The fraction of sp³-hybridized carbons (Fsp3) is 0.167. The standard InChI is InChI=1S/C18H15BrOS2/c1-10-8-14(9-11(2)16(10)20)18-12(3)17(21-22-18)13-4-6-15(19)7-5-13/h4-9H,1-3H3. The van der Waals surface area contributed by atoms with Crippen molar-refractivity contribution in [1.29, 1.82) is 0 Å². The van der Waals surface area contributed by atoms with Gasteiger partial charge in [0.15, 0.2) is 5.78 Å². The van der Waals surface area contributed by atoms with Gasteiger partial charge in [0.1, 0.15) is 0 Å². The smallest absolute Gasteiger partial charge is 0.184 e. The molecule has 22 heavy (non-hydrogen) atoms. The van der Waals surface area contributed by atoms with Crippen LogP contribution in [0, 0.1) is 0 Å². The van der Waals surface area contributed by atoms with Crippen LogP contribution in [0.3, 0.4) is 0 Å². The number of hydrogen-bond acceptors (Lipinski definition) is 3. The summed E-state index contributed by atoms with van der Waals surface area (Å²) in [5.74, 6) is 0.148. The predicted molar refractivity (Wildman–Crippen MR) is 101 cm³/mol. The molecule has 0 bridgehead atoms. The third-order valence-corrected chi connectivity index (χ3v) is 7.00. The highest BCUT2D eigenvalue weighted by molar-refractivity contribution is 9.10. The topological polar surface area (TPSA) is 17.1 Å². The van der Waals surface area contributed by atoms with E-state index in [0.717, 1.165) is 21.2 Å². The number of carbonyl (C=O) groups excluding carboxylic acids is 1. The molecule has 0 amide bonds. The largest absolute Gasteiger partial charge is 0.289 e. The normalized spacial score (nSPS) is 18.8. The molecule has 0 saturated carbocycles. The summed E-state index contributed by atoms with van der Waals surface area (Å²) in [6.07, 6.45) is 4.01. The third-order valence-electron chi connectivity index (χ3n) is 3.72. The lowest BCUT2D eigenvalue weighted by Gasteiger charge is -2.12. The van der Waals surface area contributed by atoms with E-state index in [9.17, 15) is 4.79 Å². The average Bonchev–Trinajstić information content (AvgIpc) is 2.87. The highest BCUT2D eigenvalue weighted by Crippen LogP contribution is 2.55. The Balaban J connectivity index is 2.06. The SMILES string of the molecule is CC1=CC(=C2SSC(c3ccc(Br)cc3)=C2C)C=C(C)C1=O. The Morgan fingerprint density at radius 3 is 2.00 bits per heavy atom. The van der Waals surface area contributed by atoms with Gasteiger partial charge >= 0.3 is 0 Å². The third kappa shape index (κ3) is 2.92. The van der Waals surface area contributed by atoms with Crippen LogP contribution in [0.4, 0.5) is 0 Å². The minimum atomic E-state index is 0.148. The monoisotopic (exact) mass is 390 g/mol. The average molecular weight is 391 g/mol. The number of ketones is 1. The summed E-state index contributed by atoms with van der Waals surface area (Å²) < 4.78 is 1.09. The maximum absolute atomic E-state index is 11.9. The summed E-state index contributed by atoms with van der Waals surface area (Å²) >= 11 is 3.48. The van der Waals surface area contributed by atoms with Crippen LogP contribution >= 0.6 is 37.5 Å². The highest BCUT2D eigenvalue weighted by Gasteiger charge is 2.24. The summed E-state index contributed by atoms with van der Waals surface area (Å²) in [6, 6.07) is 8.41. The number of hydrogen-bond donors (Lipinski definition) is 0. The molecule has 1 heterocycles. The molecule has 0 saturated heterocycles. The number of rotatable bonds is 1. The minimum absolute atomic E-state index is 0.148. The van der Waals surface area contributed by atoms with Crippen LogP contribution in [0.1, 0.15) is 26.3 Å². The van der Waals surface area contributed by atoms with E-state index in [1.807, 2.05) is 26.0 Å². The van der Waals surface area contributed by atoms with Crippen molar-refractivity contribution < 1.29 is 4.79 Å². The van der Waals surface area contributed by atoms with Gasteiger partial charge in [0.25, 0.3) is 0 Å².